The van der Waals surface area contributed by atoms with Gasteiger partial charge in [-0.25, -0.2) is 4.68 Å². The lowest BCUT2D eigenvalue weighted by Gasteiger charge is -2.08. The first-order valence-corrected chi connectivity index (χ1v) is 5.78. The van der Waals surface area contributed by atoms with Gasteiger partial charge in [-0.2, -0.15) is 0 Å². The molecule has 0 aliphatic heterocycles. The summed E-state index contributed by atoms with van der Waals surface area (Å²) >= 11 is 9.33. The van der Waals surface area contributed by atoms with Gasteiger partial charge in [0.1, 0.15) is 0 Å². The van der Waals surface area contributed by atoms with Crippen LogP contribution in [0, 0.1) is 6.92 Å². The minimum Gasteiger partial charge on any atom is -0.215 e. The number of benzene rings is 1. The van der Waals surface area contributed by atoms with Gasteiger partial charge in [-0.1, -0.05) is 17.3 Å². The normalized spacial score (nSPS) is 10.6. The molecule has 1 aromatic heterocycles. The van der Waals surface area contributed by atoms with Crippen LogP contribution in [0.4, 0.5) is 0 Å². The van der Waals surface area contributed by atoms with E-state index in [0.29, 0.717) is 5.88 Å². The molecule has 0 atom stereocenters. The molecule has 0 fully saturated rings. The van der Waals surface area contributed by atoms with E-state index in [2.05, 4.69) is 26.2 Å². The maximum absolute atomic E-state index is 5.80. The zero-order valence-electron chi connectivity index (χ0n) is 8.11. The molecule has 0 saturated carbocycles. The highest BCUT2D eigenvalue weighted by molar-refractivity contribution is 9.10. The fourth-order valence-electron chi connectivity index (χ4n) is 1.35. The van der Waals surface area contributed by atoms with Crippen molar-refractivity contribution in [2.75, 3.05) is 0 Å². The second kappa shape index (κ2) is 4.33. The molecule has 0 aliphatic rings. The van der Waals surface area contributed by atoms with Crippen molar-refractivity contribution in [1.82, 2.24) is 15.0 Å². The van der Waals surface area contributed by atoms with Crippen LogP contribution >= 0.6 is 27.5 Å². The fraction of sp³-hybridized carbons (Fsp3) is 0.200. The molecule has 0 N–H and O–H groups in total. The predicted molar refractivity (Wildman–Crippen MR) is 63.4 cm³/mol. The summed E-state index contributed by atoms with van der Waals surface area (Å²) in [6.07, 6.45) is 1.67. The second-order valence-electron chi connectivity index (χ2n) is 3.18. The van der Waals surface area contributed by atoms with Crippen LogP contribution in [0.15, 0.2) is 28.9 Å². The molecule has 0 unspecified atom stereocenters. The molecule has 0 amide bonds. The molecule has 0 saturated heterocycles. The van der Waals surface area contributed by atoms with Crippen LogP contribution in [0.3, 0.4) is 0 Å². The molecule has 15 heavy (non-hydrogen) atoms. The molecule has 1 aromatic carbocycles. The summed E-state index contributed by atoms with van der Waals surface area (Å²) in [5.74, 6) is 0.396. The van der Waals surface area contributed by atoms with E-state index in [4.69, 9.17) is 11.6 Å². The van der Waals surface area contributed by atoms with E-state index in [-0.39, 0.29) is 0 Å². The Morgan fingerprint density at radius 2 is 2.27 bits per heavy atom. The van der Waals surface area contributed by atoms with Crippen molar-refractivity contribution in [2.24, 2.45) is 0 Å². The Morgan fingerprint density at radius 1 is 1.47 bits per heavy atom. The maximum Gasteiger partial charge on any atom is 0.0811 e. The fourth-order valence-corrected chi connectivity index (χ4v) is 1.96. The van der Waals surface area contributed by atoms with E-state index in [9.17, 15) is 0 Å². The maximum atomic E-state index is 5.80. The highest BCUT2D eigenvalue weighted by Crippen LogP contribution is 2.25. The minimum atomic E-state index is 0.396. The van der Waals surface area contributed by atoms with E-state index in [1.165, 1.54) is 0 Å². The first-order valence-electron chi connectivity index (χ1n) is 4.45. The molecule has 1 heterocycles. The third-order valence-electron chi connectivity index (χ3n) is 2.16. The highest BCUT2D eigenvalue weighted by Gasteiger charge is 2.09. The van der Waals surface area contributed by atoms with Crippen LogP contribution in [-0.4, -0.2) is 15.0 Å². The molecular weight excluding hydrogens is 277 g/mol. The molecule has 78 valence electrons. The average Bonchev–Trinajstić information content (AvgIpc) is 2.70. The van der Waals surface area contributed by atoms with Gasteiger partial charge in [-0.15, -0.1) is 16.7 Å². The van der Waals surface area contributed by atoms with Crippen molar-refractivity contribution < 1.29 is 0 Å². The van der Waals surface area contributed by atoms with Gasteiger partial charge in [0.05, 0.1) is 23.5 Å². The van der Waals surface area contributed by atoms with E-state index >= 15 is 0 Å². The second-order valence-corrected chi connectivity index (χ2v) is 4.24. The number of aryl methyl sites for hydroxylation is 1. The van der Waals surface area contributed by atoms with E-state index in [1.54, 1.807) is 10.9 Å². The highest BCUT2D eigenvalue weighted by atomic mass is 79.9. The zero-order chi connectivity index (χ0) is 10.8. The van der Waals surface area contributed by atoms with E-state index in [0.717, 1.165) is 21.4 Å². The standard InChI is InChI=1S/C10H9BrClN3/c1-7-3-2-4-9(10(7)11)15-8(5-12)6-13-14-15/h2-4,6H,5H2,1H3. The summed E-state index contributed by atoms with van der Waals surface area (Å²) in [7, 11) is 0. The van der Waals surface area contributed by atoms with Crippen molar-refractivity contribution in [1.29, 1.82) is 0 Å². The Kier molecular flexibility index (Phi) is 3.07. The van der Waals surface area contributed by atoms with Crippen LogP contribution in [0.1, 0.15) is 11.3 Å². The number of hydrogen-bond acceptors (Lipinski definition) is 2. The summed E-state index contributed by atoms with van der Waals surface area (Å²) in [6.45, 7) is 2.03. The van der Waals surface area contributed by atoms with Crippen molar-refractivity contribution >= 4 is 27.5 Å². The Morgan fingerprint density at radius 3 is 3.00 bits per heavy atom. The van der Waals surface area contributed by atoms with Gasteiger partial charge in [-0.3, -0.25) is 0 Å². The van der Waals surface area contributed by atoms with E-state index < -0.39 is 0 Å². The van der Waals surface area contributed by atoms with Crippen LogP contribution in [0.5, 0.6) is 0 Å². The Hall–Kier alpha value is -0.870. The van der Waals surface area contributed by atoms with Crippen LogP contribution < -0.4 is 0 Å². The Balaban J connectivity index is 2.59. The monoisotopic (exact) mass is 285 g/mol. The summed E-state index contributed by atoms with van der Waals surface area (Å²) in [5, 5.41) is 7.86. The van der Waals surface area contributed by atoms with Crippen molar-refractivity contribution in [3.05, 3.63) is 40.1 Å². The van der Waals surface area contributed by atoms with Gasteiger partial charge >= 0.3 is 0 Å². The predicted octanol–water partition coefficient (Wildman–Crippen LogP) is 3.08. The van der Waals surface area contributed by atoms with Gasteiger partial charge in [0.25, 0.3) is 0 Å². The van der Waals surface area contributed by atoms with Crippen LogP contribution in [0.2, 0.25) is 0 Å². The molecule has 2 rings (SSSR count). The summed E-state index contributed by atoms with van der Waals surface area (Å²) in [6, 6.07) is 5.99. The summed E-state index contributed by atoms with van der Waals surface area (Å²) < 4.78 is 2.76. The number of aromatic nitrogens is 3. The SMILES string of the molecule is Cc1cccc(-n2nncc2CCl)c1Br. The lowest BCUT2D eigenvalue weighted by molar-refractivity contribution is 0.777. The third kappa shape index (κ3) is 1.92. The third-order valence-corrected chi connectivity index (χ3v) is 3.46. The Bertz CT molecular complexity index is 481. The quantitative estimate of drug-likeness (QED) is 0.794. The van der Waals surface area contributed by atoms with Gasteiger partial charge < -0.3 is 0 Å². The van der Waals surface area contributed by atoms with Gasteiger partial charge in [0, 0.05) is 4.47 Å². The largest absolute Gasteiger partial charge is 0.215 e. The van der Waals surface area contributed by atoms with Gasteiger partial charge in [-0.05, 0) is 34.5 Å². The topological polar surface area (TPSA) is 30.7 Å². The summed E-state index contributed by atoms with van der Waals surface area (Å²) in [4.78, 5) is 0. The molecule has 0 radical (unpaired) electrons. The lowest BCUT2D eigenvalue weighted by atomic mass is 10.2. The molecule has 0 aliphatic carbocycles. The molecular formula is C10H9BrClN3. The summed E-state index contributed by atoms with van der Waals surface area (Å²) in [5.41, 5.74) is 3.00. The minimum absolute atomic E-state index is 0.396. The van der Waals surface area contributed by atoms with Gasteiger partial charge in [0.15, 0.2) is 0 Å². The molecule has 2 aromatic rings. The molecule has 0 spiro atoms. The van der Waals surface area contributed by atoms with Crippen molar-refractivity contribution in [2.45, 2.75) is 12.8 Å². The average molecular weight is 287 g/mol. The lowest BCUT2D eigenvalue weighted by Crippen LogP contribution is -2.02. The smallest absolute Gasteiger partial charge is 0.0811 e. The Labute approximate surface area is 101 Å². The number of halogens is 2. The molecule has 5 heteroatoms. The molecule has 3 nitrogen and oxygen atoms in total. The zero-order valence-corrected chi connectivity index (χ0v) is 10.5. The van der Waals surface area contributed by atoms with Crippen molar-refractivity contribution in [3.8, 4) is 5.69 Å². The number of rotatable bonds is 2. The van der Waals surface area contributed by atoms with Gasteiger partial charge in [0.2, 0.25) is 0 Å². The first-order chi connectivity index (χ1) is 7.24. The van der Waals surface area contributed by atoms with Crippen molar-refractivity contribution in [3.63, 3.8) is 0 Å². The number of nitrogens with zero attached hydrogens (tertiary/aromatic N) is 3. The van der Waals surface area contributed by atoms with Crippen LogP contribution in [0.25, 0.3) is 5.69 Å². The number of alkyl halides is 1. The molecule has 0 bridgehead atoms. The first kappa shape index (κ1) is 10.6. The number of hydrogen-bond donors (Lipinski definition) is 0. The van der Waals surface area contributed by atoms with E-state index in [1.807, 2.05) is 25.1 Å². The van der Waals surface area contributed by atoms with Crippen LogP contribution in [-0.2, 0) is 5.88 Å².